The maximum absolute atomic E-state index is 10.8. The van der Waals surface area contributed by atoms with E-state index in [0.29, 0.717) is 0 Å². The third-order valence-electron chi connectivity index (χ3n) is 4.17. The first kappa shape index (κ1) is 16.2. The molecule has 0 fully saturated rings. The van der Waals surface area contributed by atoms with Gasteiger partial charge in [-0.25, -0.2) is 0 Å². The molecule has 1 aliphatic rings. The van der Waals surface area contributed by atoms with Gasteiger partial charge in [0, 0.05) is 22.5 Å². The van der Waals surface area contributed by atoms with Gasteiger partial charge in [-0.1, -0.05) is 50.2 Å². The number of hydrogen-bond donors (Lipinski definition) is 2. The Labute approximate surface area is 141 Å². The molecule has 0 bridgehead atoms. The first-order chi connectivity index (χ1) is 11.4. The van der Waals surface area contributed by atoms with Crippen LogP contribution in [0.1, 0.15) is 26.7 Å². The Morgan fingerprint density at radius 2 is 1.92 bits per heavy atom. The number of nitrogens with zero attached hydrogens (tertiary/aromatic N) is 1. The molecule has 24 heavy (non-hydrogen) atoms. The number of anilines is 1. The third kappa shape index (κ3) is 3.82. The van der Waals surface area contributed by atoms with Crippen molar-refractivity contribution >= 4 is 28.1 Å². The lowest BCUT2D eigenvalue weighted by Gasteiger charge is -2.31. The van der Waals surface area contributed by atoms with E-state index in [2.05, 4.69) is 48.4 Å². The van der Waals surface area contributed by atoms with E-state index < -0.39 is 5.97 Å². The highest BCUT2D eigenvalue weighted by Gasteiger charge is 2.26. The van der Waals surface area contributed by atoms with Crippen molar-refractivity contribution < 1.29 is 9.90 Å². The summed E-state index contributed by atoms with van der Waals surface area (Å²) in [5.41, 5.74) is 3.04. The van der Waals surface area contributed by atoms with E-state index >= 15 is 0 Å². The van der Waals surface area contributed by atoms with Crippen LogP contribution in [0.2, 0.25) is 0 Å². The van der Waals surface area contributed by atoms with Crippen LogP contribution in [-0.2, 0) is 4.79 Å². The molecule has 0 amide bonds. The number of benzene rings is 2. The molecule has 0 aromatic heterocycles. The van der Waals surface area contributed by atoms with E-state index in [1.54, 1.807) is 0 Å². The van der Waals surface area contributed by atoms with E-state index in [1.807, 2.05) is 24.3 Å². The zero-order valence-corrected chi connectivity index (χ0v) is 14.0. The molecule has 0 spiro atoms. The molecule has 1 aliphatic carbocycles. The van der Waals surface area contributed by atoms with Crippen LogP contribution < -0.4 is 5.32 Å². The van der Waals surface area contributed by atoms with Crippen LogP contribution in [0.5, 0.6) is 0 Å². The minimum Gasteiger partial charge on any atom is -0.480 e. The number of hydrogen-bond acceptors (Lipinski definition) is 3. The zero-order chi connectivity index (χ0) is 17.2. The number of aliphatic imine (C=N–C) groups is 1. The number of carboxylic acid groups (broad SMARTS) is 1. The number of nitrogens with one attached hydrogen (secondary N) is 1. The molecule has 2 aromatic carbocycles. The summed E-state index contributed by atoms with van der Waals surface area (Å²) in [5, 5.41) is 14.7. The number of carboxylic acids is 1. The van der Waals surface area contributed by atoms with Crippen molar-refractivity contribution in [3.05, 3.63) is 54.2 Å². The average Bonchev–Trinajstić information content (AvgIpc) is 2.52. The second-order valence-corrected chi connectivity index (χ2v) is 7.04. The van der Waals surface area contributed by atoms with Gasteiger partial charge in [0.25, 0.3) is 0 Å². The Bertz CT molecular complexity index is 829. The summed E-state index contributed by atoms with van der Waals surface area (Å²) in [6, 6.07) is 14.5. The van der Waals surface area contributed by atoms with Gasteiger partial charge in [0.05, 0.1) is 0 Å². The third-order valence-corrected chi connectivity index (χ3v) is 4.17. The second-order valence-electron chi connectivity index (χ2n) is 7.04. The highest BCUT2D eigenvalue weighted by molar-refractivity contribution is 5.99. The van der Waals surface area contributed by atoms with Crippen LogP contribution in [0, 0.1) is 5.41 Å². The van der Waals surface area contributed by atoms with E-state index in [9.17, 15) is 4.79 Å². The first-order valence-electron chi connectivity index (χ1n) is 8.13. The van der Waals surface area contributed by atoms with E-state index in [4.69, 9.17) is 5.11 Å². The van der Waals surface area contributed by atoms with Crippen LogP contribution in [0.3, 0.4) is 0 Å². The van der Waals surface area contributed by atoms with Crippen LogP contribution >= 0.6 is 0 Å². The van der Waals surface area contributed by atoms with Gasteiger partial charge in [-0.3, -0.25) is 9.79 Å². The Morgan fingerprint density at radius 3 is 2.71 bits per heavy atom. The van der Waals surface area contributed by atoms with Gasteiger partial charge < -0.3 is 10.4 Å². The van der Waals surface area contributed by atoms with Crippen molar-refractivity contribution in [2.75, 3.05) is 11.9 Å². The highest BCUT2D eigenvalue weighted by Crippen LogP contribution is 2.35. The normalized spacial score (nSPS) is 18.4. The van der Waals surface area contributed by atoms with Gasteiger partial charge >= 0.3 is 5.97 Å². The van der Waals surface area contributed by atoms with Crippen molar-refractivity contribution in [1.29, 1.82) is 0 Å². The Kier molecular flexibility index (Phi) is 4.38. The Morgan fingerprint density at radius 1 is 1.17 bits per heavy atom. The molecule has 0 unspecified atom stereocenters. The minimum atomic E-state index is -0.900. The highest BCUT2D eigenvalue weighted by atomic mass is 16.4. The van der Waals surface area contributed by atoms with Gasteiger partial charge in [0.1, 0.15) is 6.54 Å². The molecular formula is C20H22N2O2. The number of aliphatic carboxylic acids is 1. The Balaban J connectivity index is 1.92. The van der Waals surface area contributed by atoms with Crippen molar-refractivity contribution in [3.63, 3.8) is 0 Å². The molecular weight excluding hydrogens is 300 g/mol. The largest absolute Gasteiger partial charge is 0.480 e. The minimum absolute atomic E-state index is 0.0546. The van der Waals surface area contributed by atoms with E-state index in [-0.39, 0.29) is 12.0 Å². The monoisotopic (exact) mass is 322 g/mol. The molecule has 2 aromatic rings. The van der Waals surface area contributed by atoms with Crippen LogP contribution in [0.25, 0.3) is 10.8 Å². The molecule has 0 saturated heterocycles. The summed E-state index contributed by atoms with van der Waals surface area (Å²) in [6.45, 7) is 4.19. The Hall–Kier alpha value is -2.62. The summed E-state index contributed by atoms with van der Waals surface area (Å²) in [5.74, 6) is -0.900. The standard InChI is InChI=1S/C20H22N2O2/c1-20(2)11-15(21-13-19(23)24)10-16(12-20)22-18-9-5-7-14-6-3-4-8-17(14)18/h3-10,22H,11-13H2,1-2H3,(H,23,24). The average molecular weight is 322 g/mol. The number of allylic oxidation sites excluding steroid dienone is 2. The van der Waals surface area contributed by atoms with Crippen molar-refractivity contribution in [2.45, 2.75) is 26.7 Å². The van der Waals surface area contributed by atoms with E-state index in [1.165, 1.54) is 10.8 Å². The van der Waals surface area contributed by atoms with Gasteiger partial charge in [-0.15, -0.1) is 0 Å². The molecule has 0 aliphatic heterocycles. The topological polar surface area (TPSA) is 61.7 Å². The predicted molar refractivity (Wildman–Crippen MR) is 98.6 cm³/mol. The molecule has 0 radical (unpaired) electrons. The lowest BCUT2D eigenvalue weighted by atomic mass is 9.78. The van der Waals surface area contributed by atoms with Crippen LogP contribution in [0.4, 0.5) is 5.69 Å². The second kappa shape index (κ2) is 6.48. The summed E-state index contributed by atoms with van der Waals surface area (Å²) in [4.78, 5) is 15.0. The summed E-state index contributed by atoms with van der Waals surface area (Å²) in [6.07, 6.45) is 3.69. The number of carbonyl (C=O) groups is 1. The SMILES string of the molecule is CC1(C)CC(Nc2cccc3ccccc23)=CC(=NCC(=O)O)C1. The van der Waals surface area contributed by atoms with Gasteiger partial charge in [0.15, 0.2) is 0 Å². The van der Waals surface area contributed by atoms with E-state index in [0.717, 1.165) is 29.9 Å². The quantitative estimate of drug-likeness (QED) is 0.872. The van der Waals surface area contributed by atoms with Crippen molar-refractivity contribution in [3.8, 4) is 0 Å². The summed E-state index contributed by atoms with van der Waals surface area (Å²) < 4.78 is 0. The molecule has 4 heteroatoms. The number of fused-ring (bicyclic) bond motifs is 1. The molecule has 0 saturated carbocycles. The summed E-state index contributed by atoms with van der Waals surface area (Å²) in [7, 11) is 0. The van der Waals surface area contributed by atoms with Gasteiger partial charge in [-0.05, 0) is 35.8 Å². The predicted octanol–water partition coefficient (Wildman–Crippen LogP) is 4.48. The smallest absolute Gasteiger partial charge is 0.325 e. The fourth-order valence-corrected chi connectivity index (χ4v) is 3.23. The maximum Gasteiger partial charge on any atom is 0.325 e. The fraction of sp³-hybridized carbons (Fsp3) is 0.300. The molecule has 0 atom stereocenters. The molecule has 124 valence electrons. The summed E-state index contributed by atoms with van der Waals surface area (Å²) >= 11 is 0. The van der Waals surface area contributed by atoms with Crippen LogP contribution in [-0.4, -0.2) is 23.3 Å². The molecule has 2 N–H and O–H groups in total. The fourth-order valence-electron chi connectivity index (χ4n) is 3.23. The maximum atomic E-state index is 10.8. The molecule has 3 rings (SSSR count). The molecule has 0 heterocycles. The molecule has 4 nitrogen and oxygen atoms in total. The lowest BCUT2D eigenvalue weighted by molar-refractivity contribution is -0.135. The lowest BCUT2D eigenvalue weighted by Crippen LogP contribution is -2.25. The van der Waals surface area contributed by atoms with Gasteiger partial charge in [0.2, 0.25) is 0 Å². The van der Waals surface area contributed by atoms with Crippen molar-refractivity contribution in [1.82, 2.24) is 0 Å². The van der Waals surface area contributed by atoms with Crippen molar-refractivity contribution in [2.24, 2.45) is 10.4 Å². The van der Waals surface area contributed by atoms with Gasteiger partial charge in [-0.2, -0.15) is 0 Å². The number of rotatable bonds is 4. The first-order valence-corrected chi connectivity index (χ1v) is 8.13. The zero-order valence-electron chi connectivity index (χ0n) is 14.0. The van der Waals surface area contributed by atoms with Crippen LogP contribution in [0.15, 0.2) is 59.2 Å².